The van der Waals surface area contributed by atoms with E-state index in [2.05, 4.69) is 30.8 Å². The normalized spacial score (nSPS) is 13.3. The third-order valence-electron chi connectivity index (χ3n) is 12.5. The molecule has 6 aromatic rings. The fraction of sp³-hybridized carbons (Fsp3) is 0.193. The predicted molar refractivity (Wildman–Crippen MR) is 268 cm³/mol. The summed E-state index contributed by atoms with van der Waals surface area (Å²) in [5, 5.41) is 9.70. The van der Waals surface area contributed by atoms with Crippen molar-refractivity contribution in [2.24, 2.45) is 0 Å². The van der Waals surface area contributed by atoms with Crippen molar-refractivity contribution in [3.05, 3.63) is 212 Å². The van der Waals surface area contributed by atoms with E-state index in [-0.39, 0.29) is 41.2 Å². The smallest absolute Gasteiger partial charge is 0.258 e. The maximum Gasteiger partial charge on any atom is 0.258 e. The Morgan fingerprint density at radius 2 is 0.761 bits per heavy atom. The Labute approximate surface area is 392 Å². The minimum atomic E-state index is -0.358. The predicted octanol–water partition coefficient (Wildman–Crippen LogP) is 10.5. The van der Waals surface area contributed by atoms with Crippen molar-refractivity contribution in [2.45, 2.75) is 67.2 Å². The third-order valence-corrected chi connectivity index (χ3v) is 12.5. The molecule has 10 heteroatoms. The highest BCUT2D eigenvalue weighted by molar-refractivity contribution is 6.29. The summed E-state index contributed by atoms with van der Waals surface area (Å²) in [6.45, 7) is 19.8. The van der Waals surface area contributed by atoms with E-state index < -0.39 is 0 Å². The van der Waals surface area contributed by atoms with E-state index in [1.165, 1.54) is 45.2 Å². The molecule has 10 nitrogen and oxygen atoms in total. The molecule has 340 valence electrons. The van der Waals surface area contributed by atoms with Gasteiger partial charge in [0.05, 0.1) is 11.4 Å². The van der Waals surface area contributed by atoms with Gasteiger partial charge < -0.3 is 21.3 Å². The molecule has 4 amide bonds. The zero-order valence-corrected chi connectivity index (χ0v) is 39.2. The minimum absolute atomic E-state index is 0.0478. The van der Waals surface area contributed by atoms with Gasteiger partial charge in [0, 0.05) is 47.5 Å². The number of benzene rings is 6. The molecule has 0 bridgehead atoms. The average molecular weight is 893 g/mol. The van der Waals surface area contributed by atoms with Crippen molar-refractivity contribution < 1.29 is 29.0 Å². The molecule has 0 unspecified atom stereocenters. The van der Waals surface area contributed by atoms with Crippen LogP contribution in [0.4, 0.5) is 22.7 Å². The number of carbonyl (C=O) groups is 4. The van der Waals surface area contributed by atoms with Crippen molar-refractivity contribution in [3.63, 3.8) is 0 Å². The molecule has 67 heavy (non-hydrogen) atoms. The van der Waals surface area contributed by atoms with Gasteiger partial charge in [-0.25, -0.2) is 9.80 Å². The number of ether oxygens (including phenoxy) is 1. The molecule has 0 atom stereocenters. The fourth-order valence-corrected chi connectivity index (χ4v) is 9.34. The first-order valence-corrected chi connectivity index (χ1v) is 22.1. The molecule has 2 heterocycles. The fourth-order valence-electron chi connectivity index (χ4n) is 9.34. The van der Waals surface area contributed by atoms with Crippen molar-refractivity contribution in [3.8, 4) is 11.5 Å². The molecule has 0 saturated heterocycles. The molecule has 5 N–H and O–H groups in total. The second-order valence-electron chi connectivity index (χ2n) is 17.5. The van der Waals surface area contributed by atoms with E-state index in [0.717, 1.165) is 83.9 Å². The van der Waals surface area contributed by atoms with Gasteiger partial charge in [0.1, 0.15) is 18.1 Å². The van der Waals surface area contributed by atoms with Crippen LogP contribution in [0.2, 0.25) is 0 Å². The summed E-state index contributed by atoms with van der Waals surface area (Å²) in [6.07, 6.45) is 6.82. The Morgan fingerprint density at radius 3 is 1.06 bits per heavy atom. The van der Waals surface area contributed by atoms with E-state index in [1.807, 2.05) is 116 Å². The van der Waals surface area contributed by atoms with Crippen LogP contribution in [0, 0.1) is 55.4 Å². The molecule has 8 rings (SSSR count). The number of imide groups is 2. The van der Waals surface area contributed by atoms with Gasteiger partial charge in [0.2, 0.25) is 0 Å². The van der Waals surface area contributed by atoms with Gasteiger partial charge in [0.15, 0.2) is 0 Å². The maximum atomic E-state index is 12.5. The van der Waals surface area contributed by atoms with Crippen molar-refractivity contribution in [2.75, 3.05) is 27.9 Å². The van der Waals surface area contributed by atoms with Gasteiger partial charge in [-0.15, -0.1) is 0 Å². The SMILES string of the molecule is C=CCOc1ccc(C(c2cc(C)c(N3C(=O)C=CC3=O)c(C)c2)c2cc(C)c(N3C(=O)C=CC3=O)c(C)c2)cc1.Cc1cc(C(c2ccc(O)cc2)c2cc(C)c(N)c(C)c2)cc(C)c1N. The van der Waals surface area contributed by atoms with E-state index >= 15 is 0 Å². The summed E-state index contributed by atoms with van der Waals surface area (Å²) in [7, 11) is 0. The first kappa shape index (κ1) is 47.0. The number of hydrogen-bond acceptors (Lipinski definition) is 8. The minimum Gasteiger partial charge on any atom is -0.508 e. The number of phenolic OH excluding ortho intramolecular Hbond substituents is 1. The van der Waals surface area contributed by atoms with Gasteiger partial charge >= 0.3 is 0 Å². The zero-order chi connectivity index (χ0) is 48.4. The number of amides is 4. The number of aromatic hydroxyl groups is 1. The van der Waals surface area contributed by atoms with Crippen molar-refractivity contribution in [1.82, 2.24) is 0 Å². The molecular formula is C57H56N4O6. The highest BCUT2D eigenvalue weighted by Gasteiger charge is 2.31. The molecule has 2 aliphatic heterocycles. The molecular weight excluding hydrogens is 837 g/mol. The summed E-state index contributed by atoms with van der Waals surface area (Å²) >= 11 is 0. The van der Waals surface area contributed by atoms with Crippen LogP contribution in [0.1, 0.15) is 89.7 Å². The van der Waals surface area contributed by atoms with Crippen LogP contribution in [0.3, 0.4) is 0 Å². The number of anilines is 4. The Hall–Kier alpha value is -7.98. The zero-order valence-electron chi connectivity index (χ0n) is 39.2. The second kappa shape index (κ2) is 19.2. The Morgan fingerprint density at radius 1 is 0.478 bits per heavy atom. The number of aryl methyl sites for hydroxylation is 8. The summed E-state index contributed by atoms with van der Waals surface area (Å²) in [5.41, 5.74) is 29.1. The van der Waals surface area contributed by atoms with Crippen molar-refractivity contribution in [1.29, 1.82) is 0 Å². The van der Waals surface area contributed by atoms with E-state index in [1.54, 1.807) is 18.2 Å². The number of nitrogens with zero attached hydrogens (tertiary/aromatic N) is 2. The topological polar surface area (TPSA) is 156 Å². The van der Waals surface area contributed by atoms with Gasteiger partial charge in [-0.3, -0.25) is 19.2 Å². The second-order valence-corrected chi connectivity index (χ2v) is 17.5. The molecule has 0 aliphatic carbocycles. The van der Waals surface area contributed by atoms with Crippen LogP contribution in [0.15, 0.2) is 134 Å². The van der Waals surface area contributed by atoms with Crippen molar-refractivity contribution >= 4 is 46.4 Å². The van der Waals surface area contributed by atoms with Gasteiger partial charge in [-0.05, 0) is 158 Å². The Balaban J connectivity index is 0.000000220. The molecule has 0 radical (unpaired) electrons. The number of hydrogen-bond donors (Lipinski definition) is 3. The Bertz CT molecular complexity index is 2750. The van der Waals surface area contributed by atoms with Gasteiger partial charge in [-0.2, -0.15) is 0 Å². The monoisotopic (exact) mass is 892 g/mol. The number of phenols is 1. The average Bonchev–Trinajstić information content (AvgIpc) is 3.79. The quantitative estimate of drug-likeness (QED) is 0.0502. The van der Waals surface area contributed by atoms with Crippen LogP contribution < -0.4 is 26.0 Å². The van der Waals surface area contributed by atoms with Crippen LogP contribution in [0.5, 0.6) is 11.5 Å². The number of nitrogen functional groups attached to an aromatic ring is 2. The molecule has 0 spiro atoms. The van der Waals surface area contributed by atoms with E-state index in [0.29, 0.717) is 18.0 Å². The molecule has 0 aromatic heterocycles. The van der Waals surface area contributed by atoms with Crippen LogP contribution in [-0.4, -0.2) is 35.3 Å². The number of rotatable bonds is 11. The largest absolute Gasteiger partial charge is 0.508 e. The van der Waals surface area contributed by atoms with Crippen LogP contribution >= 0.6 is 0 Å². The highest BCUT2D eigenvalue weighted by atomic mass is 16.5. The van der Waals surface area contributed by atoms with E-state index in [9.17, 15) is 24.3 Å². The van der Waals surface area contributed by atoms with Gasteiger partial charge in [-0.1, -0.05) is 85.5 Å². The summed E-state index contributed by atoms with van der Waals surface area (Å²) < 4.78 is 5.69. The highest BCUT2D eigenvalue weighted by Crippen LogP contribution is 2.41. The first-order valence-electron chi connectivity index (χ1n) is 22.1. The molecule has 0 fully saturated rings. The first-order chi connectivity index (χ1) is 31.9. The van der Waals surface area contributed by atoms with Gasteiger partial charge in [0.25, 0.3) is 23.6 Å². The number of carbonyl (C=O) groups excluding carboxylic acids is 4. The lowest BCUT2D eigenvalue weighted by atomic mass is 9.82. The lowest BCUT2D eigenvalue weighted by Gasteiger charge is -2.26. The molecule has 2 aliphatic rings. The maximum absolute atomic E-state index is 12.5. The third kappa shape index (κ3) is 9.56. The molecule has 0 saturated carbocycles. The Kier molecular flexibility index (Phi) is 13.5. The van der Waals surface area contributed by atoms with Crippen LogP contribution in [-0.2, 0) is 19.2 Å². The summed E-state index contributed by atoms with van der Waals surface area (Å²) in [5.74, 6) is -0.632. The lowest BCUT2D eigenvalue weighted by Crippen LogP contribution is -2.31. The summed E-state index contributed by atoms with van der Waals surface area (Å²) in [6, 6.07) is 31.9. The standard InChI is InChI=1S/C34H30N2O5.C23H26N2O/c1-6-15-41-27-9-7-24(8-10-27)32(25-16-20(2)33(21(3)17-25)35-28(37)11-12-29(35)38)26-18-22(4)34(23(5)19-26)36-30(39)13-14-31(36)40;1-13-9-18(10-14(2)22(13)24)21(17-5-7-20(26)8-6-17)19-11-15(3)23(25)16(4)12-19/h6-14,16-19,32H,1,15H2,2-5H3;5-12,21,26H,24-25H2,1-4H3. The lowest BCUT2D eigenvalue weighted by molar-refractivity contribution is -0.121. The number of nitrogens with two attached hydrogens (primary N) is 2. The van der Waals surface area contributed by atoms with E-state index in [4.69, 9.17) is 16.2 Å². The molecule has 6 aromatic carbocycles. The summed E-state index contributed by atoms with van der Waals surface area (Å²) in [4.78, 5) is 52.3. The van der Waals surface area contributed by atoms with Crippen LogP contribution in [0.25, 0.3) is 0 Å².